The van der Waals surface area contributed by atoms with Crippen molar-refractivity contribution < 1.29 is 4.79 Å². The molecule has 2 N–H and O–H groups in total. The number of aromatic nitrogens is 5. The summed E-state index contributed by atoms with van der Waals surface area (Å²) in [5.41, 5.74) is 1.89. The maximum absolute atomic E-state index is 12.7. The number of carbonyl (C=O) groups excluding carboxylic acids is 1. The zero-order valence-electron chi connectivity index (χ0n) is 15.2. The van der Waals surface area contributed by atoms with E-state index >= 15 is 0 Å². The number of thiophene rings is 1. The minimum absolute atomic E-state index is 0.114. The first-order valence-electron chi connectivity index (χ1n) is 9.10. The van der Waals surface area contributed by atoms with E-state index in [9.17, 15) is 4.79 Å². The molecule has 9 heteroatoms. The molecule has 0 spiro atoms. The van der Waals surface area contributed by atoms with Crippen LogP contribution in [-0.2, 0) is 6.54 Å². The van der Waals surface area contributed by atoms with E-state index in [1.54, 1.807) is 0 Å². The van der Waals surface area contributed by atoms with Crippen LogP contribution in [-0.4, -0.2) is 30.5 Å². The van der Waals surface area contributed by atoms with E-state index in [-0.39, 0.29) is 5.91 Å². The van der Waals surface area contributed by atoms with Crippen molar-refractivity contribution in [3.05, 3.63) is 57.6 Å². The number of amides is 1. The molecule has 5 rings (SSSR count). The van der Waals surface area contributed by atoms with Crippen LogP contribution in [0.4, 0.5) is 0 Å². The van der Waals surface area contributed by atoms with Crippen LogP contribution in [0.1, 0.15) is 40.1 Å². The van der Waals surface area contributed by atoms with Crippen LogP contribution < -0.4 is 5.32 Å². The van der Waals surface area contributed by atoms with Crippen LogP contribution in [0.5, 0.6) is 0 Å². The second-order valence-electron chi connectivity index (χ2n) is 6.89. The number of hydrogen-bond donors (Lipinski definition) is 2. The summed E-state index contributed by atoms with van der Waals surface area (Å²) >= 11 is 6.74. The van der Waals surface area contributed by atoms with Crippen LogP contribution in [0, 0.1) is 11.7 Å². The van der Waals surface area contributed by atoms with Gasteiger partial charge in [-0.2, -0.15) is 10.2 Å². The fourth-order valence-corrected chi connectivity index (χ4v) is 4.72. The van der Waals surface area contributed by atoms with Gasteiger partial charge in [-0.25, -0.2) is 4.68 Å². The third-order valence-corrected chi connectivity index (χ3v) is 6.26. The van der Waals surface area contributed by atoms with Gasteiger partial charge in [-0.15, -0.1) is 11.3 Å². The molecule has 0 radical (unpaired) electrons. The smallest absolute Gasteiger partial charge is 0.261 e. The van der Waals surface area contributed by atoms with Crippen LogP contribution in [0.25, 0.3) is 15.9 Å². The molecule has 1 aromatic carbocycles. The number of fused-ring (bicyclic) bond motifs is 1. The van der Waals surface area contributed by atoms with Gasteiger partial charge in [0.15, 0.2) is 10.6 Å². The van der Waals surface area contributed by atoms with E-state index in [2.05, 4.69) is 20.6 Å². The molecule has 1 aliphatic carbocycles. The number of hydrogen-bond acceptors (Lipinski definition) is 5. The molecular formula is C19H18N6OS2. The Morgan fingerprint density at radius 1 is 1.36 bits per heavy atom. The van der Waals surface area contributed by atoms with Crippen molar-refractivity contribution in [3.63, 3.8) is 0 Å². The molecule has 0 unspecified atom stereocenters. The molecule has 0 atom stereocenters. The largest absolute Gasteiger partial charge is 0.344 e. The highest BCUT2D eigenvalue weighted by Gasteiger charge is 2.27. The van der Waals surface area contributed by atoms with E-state index < -0.39 is 0 Å². The lowest BCUT2D eigenvalue weighted by Crippen LogP contribution is -2.24. The van der Waals surface area contributed by atoms with Crippen molar-refractivity contribution in [2.45, 2.75) is 32.4 Å². The molecule has 1 saturated carbocycles. The number of H-pyrrole nitrogens is 1. The maximum Gasteiger partial charge on any atom is 0.261 e. The molecule has 1 aliphatic rings. The van der Waals surface area contributed by atoms with Crippen molar-refractivity contribution in [1.82, 2.24) is 29.9 Å². The van der Waals surface area contributed by atoms with Gasteiger partial charge in [0.1, 0.15) is 4.83 Å². The monoisotopic (exact) mass is 410 g/mol. The Hall–Kier alpha value is -2.78. The van der Waals surface area contributed by atoms with Gasteiger partial charge in [-0.3, -0.25) is 14.5 Å². The van der Waals surface area contributed by atoms with Gasteiger partial charge in [-0.1, -0.05) is 18.2 Å². The van der Waals surface area contributed by atoms with Crippen molar-refractivity contribution in [3.8, 4) is 5.69 Å². The fourth-order valence-electron chi connectivity index (χ4n) is 3.32. The van der Waals surface area contributed by atoms with Gasteiger partial charge in [0.05, 0.1) is 22.8 Å². The molecule has 28 heavy (non-hydrogen) atoms. The van der Waals surface area contributed by atoms with Gasteiger partial charge in [0.25, 0.3) is 5.91 Å². The predicted molar refractivity (Wildman–Crippen MR) is 111 cm³/mol. The summed E-state index contributed by atoms with van der Waals surface area (Å²) in [6.07, 6.45) is 2.22. The highest BCUT2D eigenvalue weighted by atomic mass is 32.1. The minimum Gasteiger partial charge on any atom is -0.344 e. The number of nitrogens with zero attached hydrogens (tertiary/aromatic N) is 4. The Morgan fingerprint density at radius 3 is 2.89 bits per heavy atom. The van der Waals surface area contributed by atoms with E-state index in [4.69, 9.17) is 12.2 Å². The third-order valence-electron chi connectivity index (χ3n) is 4.87. The fraction of sp³-hybridized carbons (Fsp3) is 0.263. The normalized spacial score (nSPS) is 13.9. The minimum atomic E-state index is -0.114. The number of aromatic amines is 1. The molecule has 7 nitrogen and oxygen atoms in total. The number of para-hydroxylation sites is 1. The molecule has 3 heterocycles. The molecule has 1 amide bonds. The Kier molecular flexibility index (Phi) is 4.13. The molecule has 142 valence electrons. The number of rotatable bonds is 5. The van der Waals surface area contributed by atoms with Crippen LogP contribution in [0.15, 0.2) is 36.4 Å². The predicted octanol–water partition coefficient (Wildman–Crippen LogP) is 3.91. The molecular weight excluding hydrogens is 392 g/mol. The summed E-state index contributed by atoms with van der Waals surface area (Å²) in [5, 5.41) is 15.7. The van der Waals surface area contributed by atoms with E-state index in [1.807, 2.05) is 52.6 Å². The summed E-state index contributed by atoms with van der Waals surface area (Å²) in [6, 6.07) is 12.3. The Labute approximate surface area is 170 Å². The van der Waals surface area contributed by atoms with E-state index in [1.165, 1.54) is 11.3 Å². The van der Waals surface area contributed by atoms with Gasteiger partial charge in [0.2, 0.25) is 0 Å². The Bertz CT molecular complexity index is 1230. The van der Waals surface area contributed by atoms with Gasteiger partial charge in [-0.05, 0) is 50.2 Å². The van der Waals surface area contributed by atoms with Gasteiger partial charge >= 0.3 is 0 Å². The summed E-state index contributed by atoms with van der Waals surface area (Å²) < 4.78 is 4.52. The molecule has 0 aliphatic heterocycles. The number of carbonyl (C=O) groups is 1. The quantitative estimate of drug-likeness (QED) is 0.489. The molecule has 1 fully saturated rings. The van der Waals surface area contributed by atoms with E-state index in [0.717, 1.165) is 40.3 Å². The van der Waals surface area contributed by atoms with Gasteiger partial charge in [0, 0.05) is 11.4 Å². The lowest BCUT2D eigenvalue weighted by molar-refractivity contribution is 0.0953. The molecule has 3 aromatic heterocycles. The van der Waals surface area contributed by atoms with Crippen molar-refractivity contribution >= 4 is 39.7 Å². The zero-order valence-corrected chi connectivity index (χ0v) is 16.8. The first kappa shape index (κ1) is 17.3. The topological polar surface area (TPSA) is 80.5 Å². The van der Waals surface area contributed by atoms with Crippen LogP contribution in [0.3, 0.4) is 0 Å². The van der Waals surface area contributed by atoms with Crippen molar-refractivity contribution in [2.75, 3.05) is 0 Å². The number of benzene rings is 1. The second-order valence-corrected chi connectivity index (χ2v) is 8.31. The molecule has 4 aromatic rings. The highest BCUT2D eigenvalue weighted by Crippen LogP contribution is 2.35. The average Bonchev–Trinajstić information content (AvgIpc) is 3.20. The summed E-state index contributed by atoms with van der Waals surface area (Å²) in [5.74, 6) is 0.657. The van der Waals surface area contributed by atoms with E-state index in [0.29, 0.717) is 22.2 Å². The first-order valence-corrected chi connectivity index (χ1v) is 10.3. The second kappa shape index (κ2) is 6.68. The maximum atomic E-state index is 12.7. The standard InChI is InChI=1S/C19H18N6OS2/c1-11-14-9-15(28-18(14)25(23-11)13-5-3-2-4-6-13)17(26)20-10-16-21-22-19(27)24(16)12-7-8-12/h2-6,9,12H,7-8,10H2,1H3,(H,20,26)(H,22,27). The van der Waals surface area contributed by atoms with Crippen LogP contribution >= 0.6 is 23.6 Å². The molecule has 0 saturated heterocycles. The summed E-state index contributed by atoms with van der Waals surface area (Å²) in [4.78, 5) is 14.4. The van der Waals surface area contributed by atoms with Crippen LogP contribution in [0.2, 0.25) is 0 Å². The van der Waals surface area contributed by atoms with Crippen molar-refractivity contribution in [1.29, 1.82) is 0 Å². The van der Waals surface area contributed by atoms with Crippen molar-refractivity contribution in [2.24, 2.45) is 0 Å². The summed E-state index contributed by atoms with van der Waals surface area (Å²) in [7, 11) is 0. The number of aryl methyl sites for hydroxylation is 1. The Balaban J connectivity index is 1.40. The van der Waals surface area contributed by atoms with Gasteiger partial charge < -0.3 is 5.32 Å². The zero-order chi connectivity index (χ0) is 19.3. The first-order chi connectivity index (χ1) is 13.6. The lowest BCUT2D eigenvalue weighted by Gasteiger charge is -2.06. The Morgan fingerprint density at radius 2 is 2.14 bits per heavy atom. The molecule has 0 bridgehead atoms. The summed E-state index contributed by atoms with van der Waals surface area (Å²) in [6.45, 7) is 2.31. The SMILES string of the molecule is Cc1nn(-c2ccccc2)c2sc(C(=O)NCc3n[nH]c(=S)n3C3CC3)cc12. The number of nitrogens with one attached hydrogen (secondary N) is 2. The third kappa shape index (κ3) is 2.96. The lowest BCUT2D eigenvalue weighted by atomic mass is 10.3. The highest BCUT2D eigenvalue weighted by molar-refractivity contribution is 7.71. The average molecular weight is 411 g/mol.